The van der Waals surface area contributed by atoms with E-state index in [1.807, 2.05) is 18.0 Å². The number of rotatable bonds is 3. The molecule has 0 radical (unpaired) electrons. The van der Waals surface area contributed by atoms with Crippen molar-refractivity contribution >= 4 is 17.4 Å². The van der Waals surface area contributed by atoms with Crippen molar-refractivity contribution in [2.45, 2.75) is 6.54 Å². The fourth-order valence-electron chi connectivity index (χ4n) is 1.30. The van der Waals surface area contributed by atoms with Gasteiger partial charge in [-0.25, -0.2) is 9.97 Å². The molecule has 5 heteroatoms. The van der Waals surface area contributed by atoms with Crippen LogP contribution in [-0.4, -0.2) is 17.0 Å². The molecule has 0 saturated carbocycles. The van der Waals surface area contributed by atoms with E-state index in [-0.39, 0.29) is 0 Å². The standard InChI is InChI=1S/C10H10ClN3O/c1-14(6-8-2-5-15-7-8)10-9(11)12-3-4-13-10/h2-5,7H,6H2,1H3. The first-order valence-corrected chi connectivity index (χ1v) is 4.84. The van der Waals surface area contributed by atoms with Gasteiger partial charge in [0.2, 0.25) is 0 Å². The molecule has 0 aliphatic rings. The first kappa shape index (κ1) is 9.98. The molecule has 0 fully saturated rings. The third-order valence-electron chi connectivity index (χ3n) is 2.00. The molecule has 2 aromatic heterocycles. The largest absolute Gasteiger partial charge is 0.472 e. The van der Waals surface area contributed by atoms with Gasteiger partial charge in [0.15, 0.2) is 11.0 Å². The minimum Gasteiger partial charge on any atom is -0.472 e. The van der Waals surface area contributed by atoms with Crippen LogP contribution >= 0.6 is 11.6 Å². The van der Waals surface area contributed by atoms with Crippen LogP contribution in [0, 0.1) is 0 Å². The molecular formula is C10H10ClN3O. The maximum atomic E-state index is 5.92. The average Bonchev–Trinajstić information content (AvgIpc) is 2.71. The van der Waals surface area contributed by atoms with Gasteiger partial charge >= 0.3 is 0 Å². The van der Waals surface area contributed by atoms with E-state index in [0.717, 1.165) is 5.56 Å². The van der Waals surface area contributed by atoms with Gasteiger partial charge in [-0.05, 0) is 6.07 Å². The van der Waals surface area contributed by atoms with E-state index in [1.165, 1.54) is 0 Å². The highest BCUT2D eigenvalue weighted by Crippen LogP contribution is 2.20. The molecule has 0 aliphatic carbocycles. The number of hydrogen-bond donors (Lipinski definition) is 0. The summed E-state index contributed by atoms with van der Waals surface area (Å²) < 4.78 is 4.99. The minimum atomic E-state index is 0.406. The Kier molecular flexibility index (Phi) is 2.87. The second kappa shape index (κ2) is 4.31. The number of anilines is 1. The molecule has 2 aromatic rings. The predicted octanol–water partition coefficient (Wildman–Crippen LogP) is 2.36. The van der Waals surface area contributed by atoms with Gasteiger partial charge in [-0.3, -0.25) is 0 Å². The monoisotopic (exact) mass is 223 g/mol. The van der Waals surface area contributed by atoms with Crippen LogP contribution in [0.3, 0.4) is 0 Å². The van der Waals surface area contributed by atoms with Gasteiger partial charge in [-0.15, -0.1) is 0 Å². The fourth-order valence-corrected chi connectivity index (χ4v) is 1.55. The summed E-state index contributed by atoms with van der Waals surface area (Å²) in [5.74, 6) is 0.667. The van der Waals surface area contributed by atoms with Gasteiger partial charge in [0, 0.05) is 31.5 Å². The van der Waals surface area contributed by atoms with Crippen molar-refractivity contribution in [3.63, 3.8) is 0 Å². The van der Waals surface area contributed by atoms with E-state index in [9.17, 15) is 0 Å². The minimum absolute atomic E-state index is 0.406. The molecule has 0 saturated heterocycles. The smallest absolute Gasteiger partial charge is 0.171 e. The Hall–Kier alpha value is -1.55. The first-order chi connectivity index (χ1) is 7.27. The van der Waals surface area contributed by atoms with Crippen molar-refractivity contribution < 1.29 is 4.42 Å². The molecule has 0 atom stereocenters. The highest BCUT2D eigenvalue weighted by molar-refractivity contribution is 6.31. The normalized spacial score (nSPS) is 10.3. The van der Waals surface area contributed by atoms with E-state index in [2.05, 4.69) is 9.97 Å². The molecule has 2 rings (SSSR count). The molecule has 4 nitrogen and oxygen atoms in total. The molecular weight excluding hydrogens is 214 g/mol. The Morgan fingerprint density at radius 3 is 2.87 bits per heavy atom. The molecule has 78 valence electrons. The first-order valence-electron chi connectivity index (χ1n) is 4.46. The van der Waals surface area contributed by atoms with Crippen LogP contribution in [0.25, 0.3) is 0 Å². The van der Waals surface area contributed by atoms with Crippen LogP contribution in [-0.2, 0) is 6.54 Å². The third kappa shape index (κ3) is 2.27. The zero-order valence-electron chi connectivity index (χ0n) is 8.22. The Labute approximate surface area is 92.5 Å². The number of hydrogen-bond acceptors (Lipinski definition) is 4. The van der Waals surface area contributed by atoms with Gasteiger partial charge in [0.25, 0.3) is 0 Å². The van der Waals surface area contributed by atoms with Crippen molar-refractivity contribution in [2.75, 3.05) is 11.9 Å². The lowest BCUT2D eigenvalue weighted by Crippen LogP contribution is -2.17. The second-order valence-electron chi connectivity index (χ2n) is 3.16. The molecule has 0 N–H and O–H groups in total. The van der Waals surface area contributed by atoms with Crippen molar-refractivity contribution in [1.82, 2.24) is 9.97 Å². The molecule has 0 bridgehead atoms. The van der Waals surface area contributed by atoms with E-state index in [4.69, 9.17) is 16.0 Å². The Bertz CT molecular complexity index is 430. The van der Waals surface area contributed by atoms with E-state index in [1.54, 1.807) is 24.9 Å². The lowest BCUT2D eigenvalue weighted by atomic mass is 10.3. The van der Waals surface area contributed by atoms with Gasteiger partial charge in [-0.2, -0.15) is 0 Å². The van der Waals surface area contributed by atoms with Crippen LogP contribution < -0.4 is 4.90 Å². The molecule has 0 spiro atoms. The Morgan fingerprint density at radius 1 is 1.40 bits per heavy atom. The average molecular weight is 224 g/mol. The maximum absolute atomic E-state index is 5.92. The van der Waals surface area contributed by atoms with Crippen LogP contribution in [0.5, 0.6) is 0 Å². The Morgan fingerprint density at radius 2 is 2.20 bits per heavy atom. The van der Waals surface area contributed by atoms with E-state index < -0.39 is 0 Å². The summed E-state index contributed by atoms with van der Waals surface area (Å²) in [6.45, 7) is 0.689. The van der Waals surface area contributed by atoms with Gasteiger partial charge in [0.1, 0.15) is 0 Å². The topological polar surface area (TPSA) is 42.2 Å². The van der Waals surface area contributed by atoms with Crippen molar-refractivity contribution in [3.05, 3.63) is 41.7 Å². The van der Waals surface area contributed by atoms with Crippen molar-refractivity contribution in [2.24, 2.45) is 0 Å². The summed E-state index contributed by atoms with van der Waals surface area (Å²) in [5.41, 5.74) is 1.07. The van der Waals surface area contributed by atoms with Gasteiger partial charge in [0.05, 0.1) is 12.5 Å². The van der Waals surface area contributed by atoms with Crippen LogP contribution in [0.1, 0.15) is 5.56 Å². The summed E-state index contributed by atoms with van der Waals surface area (Å²) in [6.07, 6.45) is 6.52. The summed E-state index contributed by atoms with van der Waals surface area (Å²) in [4.78, 5) is 10.0. The zero-order valence-corrected chi connectivity index (χ0v) is 8.98. The molecule has 15 heavy (non-hydrogen) atoms. The third-order valence-corrected chi connectivity index (χ3v) is 2.26. The second-order valence-corrected chi connectivity index (χ2v) is 3.52. The molecule has 0 unspecified atom stereocenters. The molecule has 2 heterocycles. The Balaban J connectivity index is 2.15. The summed E-state index contributed by atoms with van der Waals surface area (Å²) in [5, 5.41) is 0.406. The van der Waals surface area contributed by atoms with E-state index >= 15 is 0 Å². The quantitative estimate of drug-likeness (QED) is 0.801. The van der Waals surface area contributed by atoms with Gasteiger partial charge in [-0.1, -0.05) is 11.6 Å². The number of aromatic nitrogens is 2. The summed E-state index contributed by atoms with van der Waals surface area (Å²) >= 11 is 5.92. The zero-order chi connectivity index (χ0) is 10.7. The highest BCUT2D eigenvalue weighted by Gasteiger charge is 2.08. The summed E-state index contributed by atoms with van der Waals surface area (Å²) in [7, 11) is 1.91. The lowest BCUT2D eigenvalue weighted by Gasteiger charge is -2.17. The molecule has 0 aliphatic heterocycles. The SMILES string of the molecule is CN(Cc1ccoc1)c1nccnc1Cl. The number of nitrogens with zero attached hydrogens (tertiary/aromatic N) is 3. The van der Waals surface area contributed by atoms with Crippen LogP contribution in [0.15, 0.2) is 35.4 Å². The molecule has 0 aromatic carbocycles. The van der Waals surface area contributed by atoms with Crippen molar-refractivity contribution in [3.8, 4) is 0 Å². The molecule has 0 amide bonds. The van der Waals surface area contributed by atoms with Crippen LogP contribution in [0.2, 0.25) is 5.15 Å². The number of furan rings is 1. The lowest BCUT2D eigenvalue weighted by molar-refractivity contribution is 0.563. The van der Waals surface area contributed by atoms with Gasteiger partial charge < -0.3 is 9.32 Å². The predicted molar refractivity (Wildman–Crippen MR) is 57.9 cm³/mol. The maximum Gasteiger partial charge on any atom is 0.171 e. The highest BCUT2D eigenvalue weighted by atomic mass is 35.5. The van der Waals surface area contributed by atoms with Crippen LogP contribution in [0.4, 0.5) is 5.82 Å². The summed E-state index contributed by atoms with van der Waals surface area (Å²) in [6, 6.07) is 1.90. The number of halogens is 1. The fraction of sp³-hybridized carbons (Fsp3) is 0.200. The van der Waals surface area contributed by atoms with E-state index in [0.29, 0.717) is 17.5 Å². The van der Waals surface area contributed by atoms with Crippen molar-refractivity contribution in [1.29, 1.82) is 0 Å².